The number of hydrogen-bond acceptors (Lipinski definition) is 7. The lowest BCUT2D eigenvalue weighted by atomic mass is 10.4. The highest BCUT2D eigenvalue weighted by atomic mass is 32.2. The van der Waals surface area contributed by atoms with Gasteiger partial charge in [0.05, 0.1) is 24.8 Å². The first kappa shape index (κ1) is 14.4. The molecule has 0 saturated heterocycles. The predicted molar refractivity (Wildman–Crippen MR) is 65.7 cm³/mol. The van der Waals surface area contributed by atoms with Crippen molar-refractivity contribution in [1.82, 2.24) is 30.8 Å². The molecule has 0 bridgehead atoms. The third kappa shape index (κ3) is 5.11. The number of amides is 1. The minimum Gasteiger partial charge on any atom is -0.354 e. The van der Waals surface area contributed by atoms with Crippen LogP contribution in [0.2, 0.25) is 0 Å². The van der Waals surface area contributed by atoms with Crippen LogP contribution in [0, 0.1) is 11.3 Å². The molecule has 98 valence electrons. The summed E-state index contributed by atoms with van der Waals surface area (Å²) >= 11 is 1.27. The molecule has 1 aromatic heterocycles. The van der Waals surface area contributed by atoms with Crippen LogP contribution in [-0.4, -0.2) is 52.0 Å². The van der Waals surface area contributed by atoms with Crippen LogP contribution in [0.25, 0.3) is 0 Å². The molecule has 0 radical (unpaired) electrons. The Bertz CT molecular complexity index is 413. The summed E-state index contributed by atoms with van der Waals surface area (Å²) in [5, 5.41) is 25.8. The smallest absolute Gasteiger partial charge is 0.230 e. The quantitative estimate of drug-likeness (QED) is 0.461. The summed E-state index contributed by atoms with van der Waals surface area (Å²) in [6, 6.07) is 1.96. The predicted octanol–water partition coefficient (Wildman–Crippen LogP) is -0.986. The van der Waals surface area contributed by atoms with Gasteiger partial charge in [0.1, 0.15) is 0 Å². The fourth-order valence-corrected chi connectivity index (χ4v) is 1.83. The number of aromatic nitrogens is 4. The first-order chi connectivity index (χ1) is 8.77. The van der Waals surface area contributed by atoms with Gasteiger partial charge in [0.15, 0.2) is 0 Å². The molecule has 0 aliphatic rings. The number of thioether (sulfide) groups is 1. The van der Waals surface area contributed by atoms with E-state index in [1.807, 2.05) is 13.1 Å². The zero-order chi connectivity index (χ0) is 13.2. The van der Waals surface area contributed by atoms with Crippen molar-refractivity contribution in [3.8, 4) is 6.07 Å². The summed E-state index contributed by atoms with van der Waals surface area (Å²) in [7, 11) is 1.85. The molecule has 1 heterocycles. The lowest BCUT2D eigenvalue weighted by Crippen LogP contribution is -2.26. The lowest BCUT2D eigenvalue weighted by Gasteiger charge is -2.04. The molecule has 1 aromatic rings. The molecule has 0 aromatic carbocycles. The number of hydrogen-bond donors (Lipinski definition) is 2. The Morgan fingerprint density at radius 2 is 2.39 bits per heavy atom. The Hall–Kier alpha value is -1.66. The standard InChI is InChI=1S/C9H15N7OS/c1-11-5-6-16-9(13-14-15-16)18-7-8(17)12-4-2-3-10/h11H,2,4-7H2,1H3,(H,12,17). The summed E-state index contributed by atoms with van der Waals surface area (Å²) in [6.45, 7) is 1.79. The number of carbonyl (C=O) groups is 1. The van der Waals surface area contributed by atoms with Gasteiger partial charge < -0.3 is 10.6 Å². The Morgan fingerprint density at radius 3 is 3.11 bits per heavy atom. The molecule has 1 amide bonds. The summed E-state index contributed by atoms with van der Waals surface area (Å²) in [6.07, 6.45) is 0.316. The normalized spacial score (nSPS) is 10.0. The van der Waals surface area contributed by atoms with Crippen molar-refractivity contribution in [2.45, 2.75) is 18.1 Å². The molecule has 8 nitrogen and oxygen atoms in total. The van der Waals surface area contributed by atoms with Crippen LogP contribution in [-0.2, 0) is 11.3 Å². The second-order valence-electron chi connectivity index (χ2n) is 3.33. The molecule has 18 heavy (non-hydrogen) atoms. The van der Waals surface area contributed by atoms with E-state index in [1.165, 1.54) is 11.8 Å². The van der Waals surface area contributed by atoms with E-state index in [-0.39, 0.29) is 11.7 Å². The number of rotatable bonds is 8. The Kier molecular flexibility index (Phi) is 6.75. The van der Waals surface area contributed by atoms with Crippen LogP contribution in [0.15, 0.2) is 5.16 Å². The van der Waals surface area contributed by atoms with Crippen LogP contribution in [0.5, 0.6) is 0 Å². The van der Waals surface area contributed by atoms with Crippen LogP contribution < -0.4 is 10.6 Å². The first-order valence-corrected chi connectivity index (χ1v) is 6.43. The third-order valence-corrected chi connectivity index (χ3v) is 2.92. The number of carbonyl (C=O) groups excluding carboxylic acids is 1. The zero-order valence-electron chi connectivity index (χ0n) is 10.1. The van der Waals surface area contributed by atoms with Gasteiger partial charge in [-0.05, 0) is 17.5 Å². The molecular weight excluding hydrogens is 254 g/mol. The number of tetrazole rings is 1. The lowest BCUT2D eigenvalue weighted by molar-refractivity contribution is -0.118. The van der Waals surface area contributed by atoms with Gasteiger partial charge in [-0.3, -0.25) is 4.79 Å². The SMILES string of the molecule is CNCCn1nnnc1SCC(=O)NCCC#N. The van der Waals surface area contributed by atoms with Gasteiger partial charge in [-0.2, -0.15) is 5.26 Å². The van der Waals surface area contributed by atoms with Crippen LogP contribution in [0.3, 0.4) is 0 Å². The molecule has 0 aliphatic heterocycles. The maximum absolute atomic E-state index is 11.4. The summed E-state index contributed by atoms with van der Waals surface area (Å²) in [5.74, 6) is 0.115. The van der Waals surface area contributed by atoms with Gasteiger partial charge in [0.2, 0.25) is 11.1 Å². The van der Waals surface area contributed by atoms with E-state index in [1.54, 1.807) is 4.68 Å². The zero-order valence-corrected chi connectivity index (χ0v) is 10.9. The van der Waals surface area contributed by atoms with Gasteiger partial charge in [-0.15, -0.1) is 5.10 Å². The van der Waals surface area contributed by atoms with Gasteiger partial charge in [-0.25, -0.2) is 4.68 Å². The Morgan fingerprint density at radius 1 is 1.56 bits per heavy atom. The van der Waals surface area contributed by atoms with E-state index < -0.39 is 0 Å². The van der Waals surface area contributed by atoms with Gasteiger partial charge in [-0.1, -0.05) is 11.8 Å². The minimum absolute atomic E-state index is 0.126. The molecule has 2 N–H and O–H groups in total. The third-order valence-electron chi connectivity index (χ3n) is 1.96. The maximum atomic E-state index is 11.4. The molecule has 0 atom stereocenters. The van der Waals surface area contributed by atoms with Crippen molar-refractivity contribution in [3.05, 3.63) is 0 Å². The summed E-state index contributed by atoms with van der Waals surface area (Å²) < 4.78 is 1.64. The van der Waals surface area contributed by atoms with Crippen LogP contribution >= 0.6 is 11.8 Å². The van der Waals surface area contributed by atoms with Crippen LogP contribution in [0.1, 0.15) is 6.42 Å². The molecule has 0 saturated carbocycles. The summed E-state index contributed by atoms with van der Waals surface area (Å²) in [5.41, 5.74) is 0. The average molecular weight is 269 g/mol. The molecule has 9 heteroatoms. The topological polar surface area (TPSA) is 109 Å². The highest BCUT2D eigenvalue weighted by molar-refractivity contribution is 7.99. The van der Waals surface area contributed by atoms with Crippen molar-refractivity contribution in [2.24, 2.45) is 0 Å². The van der Waals surface area contributed by atoms with E-state index in [4.69, 9.17) is 5.26 Å². The van der Waals surface area contributed by atoms with E-state index in [0.717, 1.165) is 6.54 Å². The average Bonchev–Trinajstić information content (AvgIpc) is 2.81. The monoisotopic (exact) mass is 269 g/mol. The van der Waals surface area contributed by atoms with E-state index in [9.17, 15) is 4.79 Å². The number of likely N-dealkylation sites (N-methyl/N-ethyl adjacent to an activating group) is 1. The van der Waals surface area contributed by atoms with Crippen molar-refractivity contribution in [2.75, 3.05) is 25.9 Å². The fraction of sp³-hybridized carbons (Fsp3) is 0.667. The number of nitriles is 1. The highest BCUT2D eigenvalue weighted by Gasteiger charge is 2.09. The Labute approximate surface area is 109 Å². The molecule has 0 fully saturated rings. The second kappa shape index (κ2) is 8.43. The maximum Gasteiger partial charge on any atom is 0.230 e. The van der Waals surface area contributed by atoms with Crippen LogP contribution in [0.4, 0.5) is 0 Å². The molecule has 0 spiro atoms. The van der Waals surface area contributed by atoms with E-state index in [0.29, 0.717) is 24.7 Å². The summed E-state index contributed by atoms with van der Waals surface area (Å²) in [4.78, 5) is 11.4. The first-order valence-electron chi connectivity index (χ1n) is 5.45. The molecule has 0 unspecified atom stereocenters. The van der Waals surface area contributed by atoms with Crippen molar-refractivity contribution < 1.29 is 4.79 Å². The van der Waals surface area contributed by atoms with E-state index >= 15 is 0 Å². The highest BCUT2D eigenvalue weighted by Crippen LogP contribution is 2.12. The fourth-order valence-electron chi connectivity index (χ4n) is 1.10. The minimum atomic E-state index is -0.126. The Balaban J connectivity index is 2.32. The number of nitrogens with zero attached hydrogens (tertiary/aromatic N) is 5. The molecular formula is C9H15N7OS. The van der Waals surface area contributed by atoms with Crippen molar-refractivity contribution >= 4 is 17.7 Å². The van der Waals surface area contributed by atoms with Crippen molar-refractivity contribution in [3.63, 3.8) is 0 Å². The van der Waals surface area contributed by atoms with Gasteiger partial charge >= 0.3 is 0 Å². The second-order valence-corrected chi connectivity index (χ2v) is 4.28. The van der Waals surface area contributed by atoms with Gasteiger partial charge in [0.25, 0.3) is 0 Å². The molecule has 1 rings (SSSR count). The number of nitrogens with one attached hydrogen (secondary N) is 2. The molecule has 0 aliphatic carbocycles. The van der Waals surface area contributed by atoms with Crippen molar-refractivity contribution in [1.29, 1.82) is 5.26 Å². The van der Waals surface area contributed by atoms with Gasteiger partial charge in [0, 0.05) is 13.1 Å². The largest absolute Gasteiger partial charge is 0.354 e. The van der Waals surface area contributed by atoms with E-state index in [2.05, 4.69) is 26.2 Å².